The lowest BCUT2D eigenvalue weighted by atomic mass is 9.95. The Bertz CT molecular complexity index is 824. The molecule has 0 saturated carbocycles. The van der Waals surface area contributed by atoms with Crippen molar-refractivity contribution >= 4 is 12.0 Å². The van der Waals surface area contributed by atoms with Crippen LogP contribution in [0.3, 0.4) is 0 Å². The van der Waals surface area contributed by atoms with E-state index >= 15 is 0 Å². The molecule has 0 radical (unpaired) electrons. The molecular weight excluding hydrogens is 352 g/mol. The van der Waals surface area contributed by atoms with E-state index in [1.165, 1.54) is 10.5 Å². The van der Waals surface area contributed by atoms with Gasteiger partial charge in [-0.2, -0.15) is 0 Å². The molecule has 5 nitrogen and oxygen atoms in total. The molecule has 28 heavy (non-hydrogen) atoms. The van der Waals surface area contributed by atoms with Crippen molar-refractivity contribution < 1.29 is 14.3 Å². The molecule has 0 spiro atoms. The first-order chi connectivity index (χ1) is 13.6. The first kappa shape index (κ1) is 18.7. The highest BCUT2D eigenvalue weighted by atomic mass is 16.6. The topological polar surface area (TPSA) is 49.9 Å². The van der Waals surface area contributed by atoms with E-state index in [0.717, 1.165) is 18.7 Å². The van der Waals surface area contributed by atoms with Gasteiger partial charge in [0.2, 0.25) is 5.91 Å². The molecule has 0 aromatic heterocycles. The number of likely N-dealkylation sites (tertiary alicyclic amines) is 1. The number of benzene rings is 2. The third-order valence-corrected chi connectivity index (χ3v) is 5.77. The van der Waals surface area contributed by atoms with Gasteiger partial charge in [0.1, 0.15) is 6.61 Å². The molecule has 146 valence electrons. The molecule has 3 atom stereocenters. The van der Waals surface area contributed by atoms with Crippen LogP contribution in [0.1, 0.15) is 18.1 Å². The van der Waals surface area contributed by atoms with Crippen molar-refractivity contribution in [1.82, 2.24) is 9.80 Å². The third kappa shape index (κ3) is 3.94. The number of amides is 2. The Morgan fingerprint density at radius 2 is 1.64 bits per heavy atom. The lowest BCUT2D eigenvalue weighted by molar-refractivity contribution is -0.134. The quantitative estimate of drug-likeness (QED) is 0.801. The maximum Gasteiger partial charge on any atom is 0.416 e. The van der Waals surface area contributed by atoms with Gasteiger partial charge in [-0.3, -0.25) is 9.69 Å². The van der Waals surface area contributed by atoms with E-state index < -0.39 is 6.09 Å². The highest BCUT2D eigenvalue weighted by Crippen LogP contribution is 2.29. The minimum atomic E-state index is -0.500. The lowest BCUT2D eigenvalue weighted by Crippen LogP contribution is -2.45. The molecule has 2 heterocycles. The normalized spacial score (nSPS) is 25.1. The van der Waals surface area contributed by atoms with Crippen LogP contribution in [0, 0.1) is 11.8 Å². The van der Waals surface area contributed by atoms with Gasteiger partial charge in [0.05, 0.1) is 12.0 Å². The van der Waals surface area contributed by atoms with E-state index in [9.17, 15) is 9.59 Å². The van der Waals surface area contributed by atoms with Crippen LogP contribution in [0.25, 0.3) is 0 Å². The number of imide groups is 1. The zero-order valence-corrected chi connectivity index (χ0v) is 16.2. The summed E-state index contributed by atoms with van der Waals surface area (Å²) in [6.45, 7) is 4.73. The molecule has 2 aromatic carbocycles. The van der Waals surface area contributed by atoms with Crippen LogP contribution in [0.4, 0.5) is 4.79 Å². The van der Waals surface area contributed by atoms with E-state index in [4.69, 9.17) is 4.74 Å². The number of ether oxygens (including phenoxy) is 1. The van der Waals surface area contributed by atoms with Crippen LogP contribution in [0.15, 0.2) is 60.7 Å². The van der Waals surface area contributed by atoms with Gasteiger partial charge < -0.3 is 4.74 Å². The monoisotopic (exact) mass is 378 g/mol. The van der Waals surface area contributed by atoms with Crippen LogP contribution < -0.4 is 0 Å². The molecule has 5 heteroatoms. The van der Waals surface area contributed by atoms with Crippen molar-refractivity contribution in [1.29, 1.82) is 0 Å². The van der Waals surface area contributed by atoms with Gasteiger partial charge in [-0.05, 0) is 23.5 Å². The van der Waals surface area contributed by atoms with Crippen molar-refractivity contribution in [2.45, 2.75) is 25.9 Å². The molecule has 2 aliphatic rings. The molecule has 0 bridgehead atoms. The Morgan fingerprint density at radius 3 is 2.32 bits per heavy atom. The number of rotatable bonds is 5. The summed E-state index contributed by atoms with van der Waals surface area (Å²) in [5, 5.41) is 0. The lowest BCUT2D eigenvalue weighted by Gasteiger charge is -2.24. The van der Waals surface area contributed by atoms with Gasteiger partial charge >= 0.3 is 6.09 Å². The first-order valence-electron chi connectivity index (χ1n) is 9.92. The van der Waals surface area contributed by atoms with E-state index in [1.54, 1.807) is 0 Å². The summed E-state index contributed by atoms with van der Waals surface area (Å²) in [5.74, 6) is -0.0545. The predicted octanol–water partition coefficient (Wildman–Crippen LogP) is 3.34. The molecule has 2 aromatic rings. The van der Waals surface area contributed by atoms with Crippen LogP contribution >= 0.6 is 0 Å². The fourth-order valence-corrected chi connectivity index (χ4v) is 4.30. The summed E-state index contributed by atoms with van der Waals surface area (Å²) in [6.07, 6.45) is 0.132. The average molecular weight is 378 g/mol. The molecular formula is C23H26N2O3. The fraction of sp³-hybridized carbons (Fsp3) is 0.391. The van der Waals surface area contributed by atoms with Crippen molar-refractivity contribution in [3.8, 4) is 0 Å². The molecule has 2 aliphatic heterocycles. The maximum absolute atomic E-state index is 13.3. The van der Waals surface area contributed by atoms with Gasteiger partial charge in [-0.25, -0.2) is 9.69 Å². The minimum Gasteiger partial charge on any atom is -0.447 e. The van der Waals surface area contributed by atoms with Crippen molar-refractivity contribution in [2.24, 2.45) is 11.8 Å². The molecule has 2 amide bonds. The van der Waals surface area contributed by atoms with Crippen molar-refractivity contribution in [3.63, 3.8) is 0 Å². The van der Waals surface area contributed by atoms with E-state index in [-0.39, 0.29) is 30.4 Å². The summed E-state index contributed by atoms with van der Waals surface area (Å²) >= 11 is 0. The number of hydrogen-bond acceptors (Lipinski definition) is 4. The molecule has 4 rings (SSSR count). The summed E-state index contributed by atoms with van der Waals surface area (Å²) in [7, 11) is 0. The molecule has 2 saturated heterocycles. The highest BCUT2D eigenvalue weighted by molar-refractivity contribution is 5.95. The predicted molar refractivity (Wildman–Crippen MR) is 107 cm³/mol. The summed E-state index contributed by atoms with van der Waals surface area (Å²) in [4.78, 5) is 29.3. The van der Waals surface area contributed by atoms with Crippen molar-refractivity contribution in [2.75, 3.05) is 19.7 Å². The number of nitrogens with zero attached hydrogens (tertiary/aromatic N) is 2. The largest absolute Gasteiger partial charge is 0.447 e. The van der Waals surface area contributed by atoms with Crippen LogP contribution in [-0.2, 0) is 22.5 Å². The number of carbonyl (C=O) groups excluding carboxylic acids is 2. The fourth-order valence-electron chi connectivity index (χ4n) is 4.30. The van der Waals surface area contributed by atoms with Crippen LogP contribution in [0.5, 0.6) is 0 Å². The molecule has 0 N–H and O–H groups in total. The summed E-state index contributed by atoms with van der Waals surface area (Å²) in [6, 6.07) is 20.0. The minimum absolute atomic E-state index is 0.0912. The van der Waals surface area contributed by atoms with Gasteiger partial charge in [-0.15, -0.1) is 0 Å². The smallest absolute Gasteiger partial charge is 0.416 e. The Balaban J connectivity index is 1.44. The van der Waals surface area contributed by atoms with Gasteiger partial charge in [0, 0.05) is 19.6 Å². The van der Waals surface area contributed by atoms with Gasteiger partial charge in [-0.1, -0.05) is 67.6 Å². The SMILES string of the molecule is C[C@@H]1CN(Cc2ccccc2)C[C@H]1C(=O)N1C(=O)OC[C@H]1Cc1ccccc1. The first-order valence-corrected chi connectivity index (χ1v) is 9.92. The summed E-state index contributed by atoms with van der Waals surface area (Å²) in [5.41, 5.74) is 2.35. The zero-order chi connectivity index (χ0) is 19.5. The average Bonchev–Trinajstić information content (AvgIpc) is 3.25. The third-order valence-electron chi connectivity index (χ3n) is 5.77. The van der Waals surface area contributed by atoms with E-state index in [1.807, 2.05) is 48.5 Å². The van der Waals surface area contributed by atoms with E-state index in [2.05, 4.69) is 24.0 Å². The second-order valence-electron chi connectivity index (χ2n) is 7.89. The van der Waals surface area contributed by atoms with Crippen LogP contribution in [-0.4, -0.2) is 47.5 Å². The molecule has 0 aliphatic carbocycles. The standard InChI is InChI=1S/C23H26N2O3/c1-17-13-24(14-19-10-6-3-7-11-19)15-21(17)22(26)25-20(16-28-23(25)27)12-18-8-4-2-5-9-18/h2-11,17,20-21H,12-16H2,1H3/t17-,20-,21-/m1/s1. The Morgan fingerprint density at radius 1 is 1.00 bits per heavy atom. The zero-order valence-electron chi connectivity index (χ0n) is 16.2. The highest BCUT2D eigenvalue weighted by Gasteiger charge is 2.44. The Kier molecular flexibility index (Phi) is 5.44. The molecule has 0 unspecified atom stereocenters. The Labute approximate surface area is 165 Å². The summed E-state index contributed by atoms with van der Waals surface area (Å²) < 4.78 is 5.24. The van der Waals surface area contributed by atoms with Crippen LogP contribution in [0.2, 0.25) is 0 Å². The number of carbonyl (C=O) groups is 2. The maximum atomic E-state index is 13.3. The number of hydrogen-bond donors (Lipinski definition) is 0. The Hall–Kier alpha value is -2.66. The second kappa shape index (κ2) is 8.15. The second-order valence-corrected chi connectivity index (χ2v) is 7.89. The van der Waals surface area contributed by atoms with Gasteiger partial charge in [0.15, 0.2) is 0 Å². The van der Waals surface area contributed by atoms with E-state index in [0.29, 0.717) is 13.0 Å². The van der Waals surface area contributed by atoms with Gasteiger partial charge in [0.25, 0.3) is 0 Å². The van der Waals surface area contributed by atoms with Crippen molar-refractivity contribution in [3.05, 3.63) is 71.8 Å². The molecule has 2 fully saturated rings. The number of cyclic esters (lactones) is 1.